The number of aliphatic hydroxyl groups is 1. The minimum atomic E-state index is -4.53. The van der Waals surface area contributed by atoms with Crippen LogP contribution < -0.4 is 4.90 Å². The first-order valence-electron chi connectivity index (χ1n) is 10.4. The van der Waals surface area contributed by atoms with Gasteiger partial charge in [-0.05, 0) is 56.2 Å². The molecule has 3 rings (SSSR count). The molecular formula is C23H29F3N2O3S. The highest BCUT2D eigenvalue weighted by atomic mass is 32.2. The standard InChI is InChI=1S/C23H29F3N2O3S/c1-16-14-28(18-6-5-7-19(13-18)32(4,30)31)11-10-27(16)15-17-8-9-20(23(24,25)26)21(12-17)22(2,3)29/h5-9,12-13,16,29H,10-11,14-15H2,1-4H3/t16-/m0/s1. The smallest absolute Gasteiger partial charge is 0.386 e. The first kappa shape index (κ1) is 24.5. The fourth-order valence-electron chi connectivity index (χ4n) is 4.05. The van der Waals surface area contributed by atoms with Gasteiger partial charge in [0.25, 0.3) is 0 Å². The Labute approximate surface area is 187 Å². The second-order valence-corrected chi connectivity index (χ2v) is 11.0. The van der Waals surface area contributed by atoms with Crippen molar-refractivity contribution in [2.24, 2.45) is 0 Å². The molecule has 1 aliphatic rings. The number of benzene rings is 2. The topological polar surface area (TPSA) is 60.9 Å². The molecule has 2 aromatic rings. The highest BCUT2D eigenvalue weighted by Gasteiger charge is 2.37. The number of alkyl halides is 3. The molecule has 0 aliphatic carbocycles. The molecule has 0 amide bonds. The van der Waals surface area contributed by atoms with Gasteiger partial charge in [-0.2, -0.15) is 13.2 Å². The van der Waals surface area contributed by atoms with Crippen molar-refractivity contribution in [1.82, 2.24) is 4.90 Å². The molecule has 1 fully saturated rings. The molecule has 1 N–H and O–H groups in total. The lowest BCUT2D eigenvalue weighted by atomic mass is 9.91. The Morgan fingerprint density at radius 2 is 1.75 bits per heavy atom. The van der Waals surface area contributed by atoms with Crippen LogP contribution in [0.5, 0.6) is 0 Å². The third-order valence-electron chi connectivity index (χ3n) is 5.81. The number of anilines is 1. The second kappa shape index (κ2) is 8.68. The average Bonchev–Trinajstić information content (AvgIpc) is 2.67. The van der Waals surface area contributed by atoms with E-state index in [1.165, 1.54) is 32.2 Å². The zero-order chi connectivity index (χ0) is 23.9. The molecule has 0 aromatic heterocycles. The van der Waals surface area contributed by atoms with E-state index in [0.717, 1.165) is 11.8 Å². The summed E-state index contributed by atoms with van der Waals surface area (Å²) in [7, 11) is -3.30. The Balaban J connectivity index is 1.76. The molecule has 1 heterocycles. The maximum absolute atomic E-state index is 13.4. The van der Waals surface area contributed by atoms with E-state index in [-0.39, 0.29) is 16.5 Å². The summed E-state index contributed by atoms with van der Waals surface area (Å²) < 4.78 is 63.8. The van der Waals surface area contributed by atoms with Crippen molar-refractivity contribution in [2.45, 2.75) is 50.0 Å². The van der Waals surface area contributed by atoms with E-state index in [1.807, 2.05) is 13.0 Å². The molecule has 1 aliphatic heterocycles. The molecule has 32 heavy (non-hydrogen) atoms. The normalized spacial score (nSPS) is 18.8. The van der Waals surface area contributed by atoms with E-state index in [0.29, 0.717) is 31.7 Å². The van der Waals surface area contributed by atoms with Gasteiger partial charge in [-0.25, -0.2) is 8.42 Å². The Morgan fingerprint density at radius 1 is 1.06 bits per heavy atom. The number of hydrogen-bond acceptors (Lipinski definition) is 5. The van der Waals surface area contributed by atoms with Crippen LogP contribution in [-0.4, -0.2) is 50.4 Å². The monoisotopic (exact) mass is 470 g/mol. The summed E-state index contributed by atoms with van der Waals surface area (Å²) in [5.74, 6) is 0. The van der Waals surface area contributed by atoms with E-state index in [9.17, 15) is 26.7 Å². The van der Waals surface area contributed by atoms with Crippen molar-refractivity contribution >= 4 is 15.5 Å². The molecular weight excluding hydrogens is 441 g/mol. The van der Waals surface area contributed by atoms with E-state index in [4.69, 9.17) is 0 Å². The summed E-state index contributed by atoms with van der Waals surface area (Å²) in [6.45, 7) is 7.19. The van der Waals surface area contributed by atoms with Gasteiger partial charge in [-0.15, -0.1) is 0 Å². The summed E-state index contributed by atoms with van der Waals surface area (Å²) in [4.78, 5) is 4.56. The van der Waals surface area contributed by atoms with Crippen LogP contribution in [0.3, 0.4) is 0 Å². The van der Waals surface area contributed by atoms with Gasteiger partial charge in [-0.1, -0.05) is 18.2 Å². The van der Waals surface area contributed by atoms with Crippen LogP contribution in [0.15, 0.2) is 47.4 Å². The molecule has 1 atom stereocenters. The Hall–Kier alpha value is -2.10. The van der Waals surface area contributed by atoms with E-state index < -0.39 is 27.2 Å². The van der Waals surface area contributed by atoms with Gasteiger partial charge in [0.1, 0.15) is 0 Å². The van der Waals surface area contributed by atoms with Gasteiger partial charge in [0.15, 0.2) is 9.84 Å². The highest BCUT2D eigenvalue weighted by Crippen LogP contribution is 2.37. The van der Waals surface area contributed by atoms with Crippen molar-refractivity contribution in [3.05, 3.63) is 59.2 Å². The third kappa shape index (κ3) is 5.63. The van der Waals surface area contributed by atoms with Crippen LogP contribution in [0.2, 0.25) is 0 Å². The maximum Gasteiger partial charge on any atom is 0.416 e. The van der Waals surface area contributed by atoms with Crippen LogP contribution >= 0.6 is 0 Å². The van der Waals surface area contributed by atoms with Gasteiger partial charge in [0.2, 0.25) is 0 Å². The highest BCUT2D eigenvalue weighted by molar-refractivity contribution is 7.90. The molecule has 0 spiro atoms. The van der Waals surface area contributed by atoms with Crippen molar-refractivity contribution in [2.75, 3.05) is 30.8 Å². The lowest BCUT2D eigenvalue weighted by Gasteiger charge is -2.41. The minimum Gasteiger partial charge on any atom is -0.386 e. The Kier molecular flexibility index (Phi) is 6.66. The second-order valence-electron chi connectivity index (χ2n) is 8.97. The van der Waals surface area contributed by atoms with Gasteiger partial charge < -0.3 is 10.0 Å². The maximum atomic E-state index is 13.4. The molecule has 0 unspecified atom stereocenters. The first-order chi connectivity index (χ1) is 14.7. The first-order valence-corrected chi connectivity index (χ1v) is 12.3. The number of nitrogens with zero attached hydrogens (tertiary/aromatic N) is 2. The van der Waals surface area contributed by atoms with Gasteiger partial charge in [0.05, 0.1) is 16.1 Å². The molecule has 1 saturated heterocycles. The number of halogens is 3. The predicted molar refractivity (Wildman–Crippen MR) is 118 cm³/mol. The van der Waals surface area contributed by atoms with Gasteiger partial charge in [-0.3, -0.25) is 4.90 Å². The Bertz CT molecular complexity index is 1080. The summed E-state index contributed by atoms with van der Waals surface area (Å²) >= 11 is 0. The van der Waals surface area contributed by atoms with Crippen molar-refractivity contribution in [1.29, 1.82) is 0 Å². The summed E-state index contributed by atoms with van der Waals surface area (Å²) in [6, 6.07) is 10.9. The van der Waals surface area contributed by atoms with Crippen LogP contribution in [0.1, 0.15) is 37.5 Å². The average molecular weight is 471 g/mol. The number of piperazine rings is 1. The van der Waals surface area contributed by atoms with Gasteiger partial charge >= 0.3 is 6.18 Å². The quantitative estimate of drug-likeness (QED) is 0.715. The number of hydrogen-bond donors (Lipinski definition) is 1. The summed E-state index contributed by atoms with van der Waals surface area (Å²) in [5.41, 5.74) is -1.04. The fourth-order valence-corrected chi connectivity index (χ4v) is 4.71. The molecule has 0 bridgehead atoms. The fraction of sp³-hybridized carbons (Fsp3) is 0.478. The SMILES string of the molecule is C[C@H]1CN(c2cccc(S(C)(=O)=O)c2)CCN1Cc1ccc(C(F)(F)F)c(C(C)(C)O)c1. The van der Waals surface area contributed by atoms with Crippen LogP contribution in [0.25, 0.3) is 0 Å². The predicted octanol–water partition coefficient (Wildman–Crippen LogP) is 4.05. The number of rotatable bonds is 5. The molecule has 5 nitrogen and oxygen atoms in total. The van der Waals surface area contributed by atoms with Crippen LogP contribution in [-0.2, 0) is 28.2 Å². The van der Waals surface area contributed by atoms with Crippen molar-refractivity contribution in [3.8, 4) is 0 Å². The zero-order valence-corrected chi connectivity index (χ0v) is 19.5. The lowest BCUT2D eigenvalue weighted by Crippen LogP contribution is -2.51. The van der Waals surface area contributed by atoms with Crippen LogP contribution in [0, 0.1) is 0 Å². The van der Waals surface area contributed by atoms with E-state index >= 15 is 0 Å². The zero-order valence-electron chi connectivity index (χ0n) is 18.6. The number of sulfone groups is 1. The van der Waals surface area contributed by atoms with Crippen LogP contribution in [0.4, 0.5) is 18.9 Å². The third-order valence-corrected chi connectivity index (χ3v) is 6.92. The van der Waals surface area contributed by atoms with E-state index in [2.05, 4.69) is 9.80 Å². The Morgan fingerprint density at radius 3 is 2.31 bits per heavy atom. The summed E-state index contributed by atoms with van der Waals surface area (Å²) in [5, 5.41) is 10.3. The molecule has 176 valence electrons. The molecule has 2 aromatic carbocycles. The minimum absolute atomic E-state index is 0.0959. The van der Waals surface area contributed by atoms with E-state index in [1.54, 1.807) is 18.2 Å². The van der Waals surface area contributed by atoms with Crippen molar-refractivity contribution in [3.63, 3.8) is 0 Å². The molecule has 0 radical (unpaired) electrons. The van der Waals surface area contributed by atoms with Crippen molar-refractivity contribution < 1.29 is 26.7 Å². The lowest BCUT2D eigenvalue weighted by molar-refractivity contribution is -0.140. The molecule has 0 saturated carbocycles. The summed E-state index contributed by atoms with van der Waals surface area (Å²) in [6.07, 6.45) is -3.36. The van der Waals surface area contributed by atoms with Gasteiger partial charge in [0, 0.05) is 44.2 Å². The molecule has 9 heteroatoms. The largest absolute Gasteiger partial charge is 0.416 e.